The van der Waals surface area contributed by atoms with Crippen molar-refractivity contribution in [3.8, 4) is 11.6 Å². The Morgan fingerprint density at radius 3 is 2.75 bits per heavy atom. The number of nitrogens with one attached hydrogen (secondary N) is 1. The van der Waals surface area contributed by atoms with E-state index in [1.807, 2.05) is 30.3 Å². The van der Waals surface area contributed by atoms with Crippen LogP contribution in [-0.4, -0.2) is 26.8 Å². The first-order chi connectivity index (χ1) is 11.6. The number of para-hydroxylation sites is 1. The van der Waals surface area contributed by atoms with Crippen LogP contribution in [0.4, 0.5) is 5.69 Å². The monoisotopic (exact) mass is 386 g/mol. The maximum atomic E-state index is 12.2. The zero-order chi connectivity index (χ0) is 16.9. The average Bonchev–Trinajstić information content (AvgIpc) is 2.97. The Morgan fingerprint density at radius 1 is 1.25 bits per heavy atom. The van der Waals surface area contributed by atoms with Gasteiger partial charge in [-0.3, -0.25) is 9.78 Å². The molecule has 0 saturated heterocycles. The highest BCUT2D eigenvalue weighted by atomic mass is 79.9. The first kappa shape index (κ1) is 16.2. The molecule has 2 heterocycles. The third-order valence-corrected chi connectivity index (χ3v) is 3.79. The number of anilines is 1. The van der Waals surface area contributed by atoms with E-state index in [0.717, 1.165) is 5.69 Å². The van der Waals surface area contributed by atoms with Gasteiger partial charge in [-0.1, -0.05) is 18.2 Å². The van der Waals surface area contributed by atoms with Gasteiger partial charge in [0.15, 0.2) is 6.10 Å². The number of hydrogen-bond donors (Lipinski definition) is 1. The van der Waals surface area contributed by atoms with Gasteiger partial charge in [0, 0.05) is 12.4 Å². The van der Waals surface area contributed by atoms with Crippen LogP contribution in [0.15, 0.2) is 65.5 Å². The molecule has 0 spiro atoms. The topological polar surface area (TPSA) is 69.0 Å². The number of amides is 1. The van der Waals surface area contributed by atoms with Crippen molar-refractivity contribution in [1.29, 1.82) is 0 Å². The van der Waals surface area contributed by atoms with Gasteiger partial charge in [0.2, 0.25) is 5.88 Å². The zero-order valence-corrected chi connectivity index (χ0v) is 14.5. The van der Waals surface area contributed by atoms with Gasteiger partial charge < -0.3 is 10.1 Å². The number of nitrogens with zero attached hydrogens (tertiary/aromatic N) is 3. The molecule has 0 fully saturated rings. The summed E-state index contributed by atoms with van der Waals surface area (Å²) >= 11 is 3.41. The summed E-state index contributed by atoms with van der Waals surface area (Å²) < 4.78 is 8.03. The van der Waals surface area contributed by atoms with Gasteiger partial charge in [0.25, 0.3) is 5.91 Å². The van der Waals surface area contributed by atoms with E-state index in [0.29, 0.717) is 16.0 Å². The number of benzene rings is 1. The molecule has 0 aliphatic heterocycles. The fourth-order valence-corrected chi connectivity index (χ4v) is 2.40. The molecule has 1 N–H and O–H groups in total. The summed E-state index contributed by atoms with van der Waals surface area (Å²) in [5.74, 6) is 0.0804. The quantitative estimate of drug-likeness (QED) is 0.728. The summed E-state index contributed by atoms with van der Waals surface area (Å²) in [6.45, 7) is 1.67. The number of carbonyl (C=O) groups excluding carboxylic acids is 1. The number of hydrogen-bond acceptors (Lipinski definition) is 4. The number of ether oxygens (including phenoxy) is 1. The molecule has 3 rings (SSSR count). The molecule has 0 aliphatic rings. The van der Waals surface area contributed by atoms with E-state index in [1.165, 1.54) is 0 Å². The maximum Gasteiger partial charge on any atom is 0.265 e. The molecule has 24 heavy (non-hydrogen) atoms. The third kappa shape index (κ3) is 3.80. The van der Waals surface area contributed by atoms with Crippen molar-refractivity contribution in [2.75, 3.05) is 5.32 Å². The van der Waals surface area contributed by atoms with Gasteiger partial charge in [-0.25, -0.2) is 4.68 Å². The summed E-state index contributed by atoms with van der Waals surface area (Å²) in [7, 11) is 0. The second kappa shape index (κ2) is 7.27. The molecule has 0 aliphatic carbocycles. The van der Waals surface area contributed by atoms with Crippen molar-refractivity contribution in [1.82, 2.24) is 14.8 Å². The van der Waals surface area contributed by atoms with Crippen molar-refractivity contribution >= 4 is 27.5 Å². The fourth-order valence-electron chi connectivity index (χ4n) is 2.03. The van der Waals surface area contributed by atoms with E-state index in [-0.39, 0.29) is 5.91 Å². The molecule has 122 valence electrons. The Bertz CT molecular complexity index is 821. The molecule has 1 amide bonds. The van der Waals surface area contributed by atoms with Crippen LogP contribution >= 0.6 is 15.9 Å². The van der Waals surface area contributed by atoms with E-state index in [2.05, 4.69) is 31.3 Å². The molecule has 0 radical (unpaired) electrons. The summed E-state index contributed by atoms with van der Waals surface area (Å²) in [5.41, 5.74) is 1.52. The Morgan fingerprint density at radius 2 is 2.04 bits per heavy atom. The third-order valence-electron chi connectivity index (χ3n) is 3.25. The lowest BCUT2D eigenvalue weighted by Crippen LogP contribution is -2.30. The molecule has 0 unspecified atom stereocenters. The highest BCUT2D eigenvalue weighted by Crippen LogP contribution is 2.25. The first-order valence-corrected chi connectivity index (χ1v) is 8.11. The lowest BCUT2D eigenvalue weighted by molar-refractivity contribution is -0.122. The van der Waals surface area contributed by atoms with Crippen LogP contribution in [0.3, 0.4) is 0 Å². The van der Waals surface area contributed by atoms with Gasteiger partial charge in [0.1, 0.15) is 0 Å². The zero-order valence-electron chi connectivity index (χ0n) is 12.9. The minimum Gasteiger partial charge on any atom is -0.463 e. The fraction of sp³-hybridized carbons (Fsp3) is 0.118. The summed E-state index contributed by atoms with van der Waals surface area (Å²) in [5, 5.41) is 7.11. The van der Waals surface area contributed by atoms with E-state index >= 15 is 0 Å². The van der Waals surface area contributed by atoms with E-state index in [1.54, 1.807) is 42.3 Å². The molecule has 6 nitrogen and oxygen atoms in total. The van der Waals surface area contributed by atoms with Gasteiger partial charge in [0.05, 0.1) is 22.0 Å². The Balaban J connectivity index is 1.69. The average molecular weight is 387 g/mol. The minimum absolute atomic E-state index is 0.274. The second-order valence-electron chi connectivity index (χ2n) is 5.05. The van der Waals surface area contributed by atoms with Crippen LogP contribution in [-0.2, 0) is 4.79 Å². The Hall–Kier alpha value is -2.67. The number of pyridine rings is 1. The summed E-state index contributed by atoms with van der Waals surface area (Å²) in [6, 6.07) is 13.2. The SMILES string of the molecule is C[C@H](Oc1nn(-c2ccccc2)cc1Br)C(=O)Nc1cccnc1. The van der Waals surface area contributed by atoms with Gasteiger partial charge >= 0.3 is 0 Å². The standard InChI is InChI=1S/C17H15BrN4O2/c1-12(16(23)20-13-6-5-9-19-10-13)24-17-15(18)11-22(21-17)14-7-3-2-4-8-14/h2-12H,1H3,(H,20,23)/t12-/m0/s1. The van der Waals surface area contributed by atoms with Crippen LogP contribution < -0.4 is 10.1 Å². The molecule has 1 aromatic carbocycles. The van der Waals surface area contributed by atoms with Crippen LogP contribution in [0.2, 0.25) is 0 Å². The highest BCUT2D eigenvalue weighted by Gasteiger charge is 2.18. The van der Waals surface area contributed by atoms with Crippen molar-refractivity contribution < 1.29 is 9.53 Å². The molecule has 3 aromatic rings. The molecular weight excluding hydrogens is 372 g/mol. The number of rotatable bonds is 5. The van der Waals surface area contributed by atoms with Crippen molar-refractivity contribution in [2.45, 2.75) is 13.0 Å². The molecule has 7 heteroatoms. The lowest BCUT2D eigenvalue weighted by Gasteiger charge is -2.13. The van der Waals surface area contributed by atoms with E-state index in [4.69, 9.17) is 4.74 Å². The van der Waals surface area contributed by atoms with E-state index in [9.17, 15) is 4.79 Å². The van der Waals surface area contributed by atoms with Crippen molar-refractivity contribution in [3.63, 3.8) is 0 Å². The lowest BCUT2D eigenvalue weighted by atomic mass is 10.3. The second-order valence-corrected chi connectivity index (χ2v) is 5.91. The van der Waals surface area contributed by atoms with E-state index < -0.39 is 6.10 Å². The maximum absolute atomic E-state index is 12.2. The highest BCUT2D eigenvalue weighted by molar-refractivity contribution is 9.10. The number of aromatic nitrogens is 3. The molecular formula is C17H15BrN4O2. The Labute approximate surface area is 147 Å². The number of halogens is 1. The molecule has 0 bridgehead atoms. The van der Waals surface area contributed by atoms with Crippen molar-refractivity contribution in [3.05, 3.63) is 65.5 Å². The predicted molar refractivity (Wildman–Crippen MR) is 94.2 cm³/mol. The van der Waals surface area contributed by atoms with Gasteiger partial charge in [-0.15, -0.1) is 5.10 Å². The number of carbonyl (C=O) groups is 1. The summed E-state index contributed by atoms with van der Waals surface area (Å²) in [4.78, 5) is 16.1. The van der Waals surface area contributed by atoms with Crippen molar-refractivity contribution in [2.24, 2.45) is 0 Å². The molecule has 2 aromatic heterocycles. The van der Waals surface area contributed by atoms with Gasteiger partial charge in [-0.05, 0) is 47.1 Å². The predicted octanol–water partition coefficient (Wildman–Crippen LogP) is 3.44. The summed E-state index contributed by atoms with van der Waals surface area (Å²) in [6.07, 6.45) is 4.30. The van der Waals surface area contributed by atoms with Crippen LogP contribution in [0.5, 0.6) is 5.88 Å². The van der Waals surface area contributed by atoms with Gasteiger partial charge in [-0.2, -0.15) is 0 Å². The van der Waals surface area contributed by atoms with Crippen LogP contribution in [0.1, 0.15) is 6.92 Å². The molecule has 1 atom stereocenters. The molecule has 0 saturated carbocycles. The smallest absolute Gasteiger partial charge is 0.265 e. The first-order valence-electron chi connectivity index (χ1n) is 7.31. The van der Waals surface area contributed by atoms with Crippen LogP contribution in [0, 0.1) is 0 Å². The van der Waals surface area contributed by atoms with Crippen LogP contribution in [0.25, 0.3) is 5.69 Å². The largest absolute Gasteiger partial charge is 0.463 e. The Kier molecular flexibility index (Phi) is 4.90. The minimum atomic E-state index is -0.708. The normalized spacial score (nSPS) is 11.8.